The number of hydrogen-bond donors (Lipinski definition) is 0. The normalized spacial score (nSPS) is 17.7. The van der Waals surface area contributed by atoms with Crippen molar-refractivity contribution in [2.45, 2.75) is 13.3 Å². The third-order valence-corrected chi connectivity index (χ3v) is 4.05. The molecule has 0 aliphatic carbocycles. The summed E-state index contributed by atoms with van der Waals surface area (Å²) in [5.74, 6) is 0. The van der Waals surface area contributed by atoms with Gasteiger partial charge in [-0.25, -0.2) is 0 Å². The SMILES string of the molecule is CCC1=C/C(=C/c2ccc(Cl)cc2Cl)C(=O)S1. The van der Waals surface area contributed by atoms with Crippen LogP contribution in [-0.4, -0.2) is 5.12 Å². The third kappa shape index (κ3) is 2.95. The molecular weight excluding hydrogens is 275 g/mol. The quantitative estimate of drug-likeness (QED) is 0.715. The molecule has 2 rings (SSSR count). The van der Waals surface area contributed by atoms with E-state index in [-0.39, 0.29) is 5.12 Å². The maximum absolute atomic E-state index is 11.7. The first kappa shape index (κ1) is 12.7. The fourth-order valence-corrected chi connectivity index (χ4v) is 2.77. The highest BCUT2D eigenvalue weighted by Gasteiger charge is 2.18. The monoisotopic (exact) mass is 284 g/mol. The molecule has 0 spiro atoms. The van der Waals surface area contributed by atoms with Crippen molar-refractivity contribution >= 4 is 46.2 Å². The zero-order valence-electron chi connectivity index (χ0n) is 9.17. The van der Waals surface area contributed by atoms with Crippen LogP contribution in [0.15, 0.2) is 34.8 Å². The van der Waals surface area contributed by atoms with Crippen LogP contribution in [0.1, 0.15) is 18.9 Å². The van der Waals surface area contributed by atoms with Crippen molar-refractivity contribution in [1.82, 2.24) is 0 Å². The molecule has 4 heteroatoms. The number of halogens is 2. The highest BCUT2D eigenvalue weighted by atomic mass is 35.5. The zero-order chi connectivity index (χ0) is 12.4. The molecule has 0 saturated carbocycles. The van der Waals surface area contributed by atoms with E-state index < -0.39 is 0 Å². The van der Waals surface area contributed by atoms with Crippen LogP contribution in [0.5, 0.6) is 0 Å². The van der Waals surface area contributed by atoms with Gasteiger partial charge in [0, 0.05) is 15.6 Å². The van der Waals surface area contributed by atoms with Crippen LogP contribution in [0.2, 0.25) is 10.0 Å². The van der Waals surface area contributed by atoms with Crippen molar-refractivity contribution in [2.24, 2.45) is 0 Å². The van der Waals surface area contributed by atoms with Crippen molar-refractivity contribution in [3.05, 3.63) is 50.4 Å². The van der Waals surface area contributed by atoms with Crippen LogP contribution < -0.4 is 0 Å². The molecule has 0 bridgehead atoms. The molecule has 0 radical (unpaired) electrons. The molecule has 0 fully saturated rings. The van der Waals surface area contributed by atoms with E-state index in [1.54, 1.807) is 18.2 Å². The van der Waals surface area contributed by atoms with Crippen LogP contribution in [0, 0.1) is 0 Å². The summed E-state index contributed by atoms with van der Waals surface area (Å²) in [7, 11) is 0. The predicted molar refractivity (Wildman–Crippen MR) is 75.4 cm³/mol. The standard InChI is InChI=1S/C13H10Cl2OS/c1-2-11-6-9(13(16)17-11)5-8-3-4-10(14)7-12(8)15/h3-7H,2H2,1H3/b9-5-. The fraction of sp³-hybridized carbons (Fsp3) is 0.154. The minimum atomic E-state index is 0.0767. The van der Waals surface area contributed by atoms with E-state index in [1.807, 2.05) is 19.1 Å². The molecule has 1 aromatic rings. The minimum Gasteiger partial charge on any atom is -0.281 e. The first-order chi connectivity index (χ1) is 8.10. The Morgan fingerprint density at radius 1 is 1.35 bits per heavy atom. The first-order valence-electron chi connectivity index (χ1n) is 5.19. The van der Waals surface area contributed by atoms with E-state index in [0.717, 1.165) is 16.9 Å². The van der Waals surface area contributed by atoms with E-state index >= 15 is 0 Å². The van der Waals surface area contributed by atoms with E-state index in [9.17, 15) is 4.79 Å². The Hall–Kier alpha value is -0.700. The maximum Gasteiger partial charge on any atom is 0.223 e. The average Bonchev–Trinajstić information content (AvgIpc) is 2.64. The summed E-state index contributed by atoms with van der Waals surface area (Å²) in [5.41, 5.74) is 1.50. The minimum absolute atomic E-state index is 0.0767. The van der Waals surface area contributed by atoms with Gasteiger partial charge in [-0.15, -0.1) is 0 Å². The van der Waals surface area contributed by atoms with Gasteiger partial charge in [-0.1, -0.05) is 48.0 Å². The van der Waals surface area contributed by atoms with Gasteiger partial charge in [-0.3, -0.25) is 4.79 Å². The highest BCUT2D eigenvalue weighted by Crippen LogP contribution is 2.34. The van der Waals surface area contributed by atoms with Crippen molar-refractivity contribution in [3.63, 3.8) is 0 Å². The highest BCUT2D eigenvalue weighted by molar-refractivity contribution is 8.17. The van der Waals surface area contributed by atoms with Gasteiger partial charge in [0.2, 0.25) is 5.12 Å². The van der Waals surface area contributed by atoms with E-state index in [2.05, 4.69) is 0 Å². The molecule has 1 aliphatic rings. The summed E-state index contributed by atoms with van der Waals surface area (Å²) in [5, 5.41) is 1.23. The van der Waals surface area contributed by atoms with Crippen molar-refractivity contribution in [2.75, 3.05) is 0 Å². The van der Waals surface area contributed by atoms with Gasteiger partial charge in [0.05, 0.1) is 0 Å². The maximum atomic E-state index is 11.7. The largest absolute Gasteiger partial charge is 0.281 e. The number of benzene rings is 1. The fourth-order valence-electron chi connectivity index (χ4n) is 1.50. The van der Waals surface area contributed by atoms with E-state index in [1.165, 1.54) is 11.8 Å². The summed E-state index contributed by atoms with van der Waals surface area (Å²) < 4.78 is 0. The van der Waals surface area contributed by atoms with Gasteiger partial charge in [0.15, 0.2) is 0 Å². The lowest BCUT2D eigenvalue weighted by Crippen LogP contribution is -1.88. The lowest BCUT2D eigenvalue weighted by molar-refractivity contribution is -0.107. The number of rotatable bonds is 2. The molecule has 0 unspecified atom stereocenters. The summed E-state index contributed by atoms with van der Waals surface area (Å²) in [6.07, 6.45) is 4.59. The van der Waals surface area contributed by atoms with Crippen molar-refractivity contribution in [1.29, 1.82) is 0 Å². The van der Waals surface area contributed by atoms with E-state index in [4.69, 9.17) is 23.2 Å². The van der Waals surface area contributed by atoms with Crippen LogP contribution in [0.25, 0.3) is 6.08 Å². The summed E-state index contributed by atoms with van der Waals surface area (Å²) in [6.45, 7) is 2.03. The van der Waals surface area contributed by atoms with Crippen LogP contribution >= 0.6 is 35.0 Å². The van der Waals surface area contributed by atoms with Crippen LogP contribution in [-0.2, 0) is 4.79 Å². The van der Waals surface area contributed by atoms with Crippen molar-refractivity contribution < 1.29 is 4.79 Å². The smallest absolute Gasteiger partial charge is 0.223 e. The average molecular weight is 285 g/mol. The Morgan fingerprint density at radius 3 is 2.71 bits per heavy atom. The Bertz CT molecular complexity index is 532. The molecule has 0 saturated heterocycles. The van der Waals surface area contributed by atoms with Gasteiger partial charge >= 0.3 is 0 Å². The number of thioether (sulfide) groups is 1. The van der Waals surface area contributed by atoms with Gasteiger partial charge in [0.1, 0.15) is 0 Å². The molecule has 0 N–H and O–H groups in total. The Labute approximate surface area is 114 Å². The molecule has 0 amide bonds. The Kier molecular flexibility index (Phi) is 3.97. The van der Waals surface area contributed by atoms with Gasteiger partial charge < -0.3 is 0 Å². The molecule has 88 valence electrons. The second kappa shape index (κ2) is 5.30. The second-order valence-corrected chi connectivity index (χ2v) is 5.56. The molecule has 17 heavy (non-hydrogen) atoms. The molecular formula is C13H10Cl2OS. The molecule has 0 aromatic heterocycles. The third-order valence-electron chi connectivity index (χ3n) is 2.40. The van der Waals surface area contributed by atoms with Crippen LogP contribution in [0.4, 0.5) is 0 Å². The molecule has 1 aromatic carbocycles. The van der Waals surface area contributed by atoms with Crippen molar-refractivity contribution in [3.8, 4) is 0 Å². The number of carbonyl (C=O) groups is 1. The Morgan fingerprint density at radius 2 is 2.12 bits per heavy atom. The van der Waals surface area contributed by atoms with Gasteiger partial charge in [-0.05, 0) is 41.2 Å². The number of carbonyl (C=O) groups excluding carboxylic acids is 1. The molecule has 1 heterocycles. The summed E-state index contributed by atoms with van der Waals surface area (Å²) in [4.78, 5) is 12.8. The first-order valence-corrected chi connectivity index (χ1v) is 6.77. The number of hydrogen-bond acceptors (Lipinski definition) is 2. The van der Waals surface area contributed by atoms with E-state index in [0.29, 0.717) is 15.6 Å². The van der Waals surface area contributed by atoms with Crippen LogP contribution in [0.3, 0.4) is 0 Å². The summed E-state index contributed by atoms with van der Waals surface area (Å²) >= 11 is 13.2. The summed E-state index contributed by atoms with van der Waals surface area (Å²) in [6, 6.07) is 5.25. The van der Waals surface area contributed by atoms with Gasteiger partial charge in [-0.2, -0.15) is 0 Å². The molecule has 0 atom stereocenters. The lowest BCUT2D eigenvalue weighted by Gasteiger charge is -1.99. The van der Waals surface area contributed by atoms with Gasteiger partial charge in [0.25, 0.3) is 0 Å². The predicted octanol–water partition coefficient (Wildman–Crippen LogP) is 4.94. The molecule has 1 aliphatic heterocycles. The Balaban J connectivity index is 2.36. The number of allylic oxidation sites excluding steroid dienone is 2. The topological polar surface area (TPSA) is 17.1 Å². The lowest BCUT2D eigenvalue weighted by atomic mass is 10.1. The zero-order valence-corrected chi connectivity index (χ0v) is 11.5. The molecule has 1 nitrogen and oxygen atoms in total. The second-order valence-electron chi connectivity index (χ2n) is 3.62.